The first-order valence-corrected chi connectivity index (χ1v) is 7.14. The van der Waals surface area contributed by atoms with Gasteiger partial charge in [0, 0.05) is 22.2 Å². The molecule has 0 atom stereocenters. The lowest BCUT2D eigenvalue weighted by Gasteiger charge is -2.09. The van der Waals surface area contributed by atoms with Gasteiger partial charge in [-0.05, 0) is 35.9 Å². The Bertz CT molecular complexity index is 874. The van der Waals surface area contributed by atoms with Crippen molar-refractivity contribution < 1.29 is 4.79 Å². The Kier molecular flexibility index (Phi) is 3.90. The molecule has 0 aliphatic heterocycles. The van der Waals surface area contributed by atoms with Gasteiger partial charge < -0.3 is 5.32 Å². The first-order chi connectivity index (χ1) is 10.7. The van der Waals surface area contributed by atoms with E-state index >= 15 is 0 Å². The summed E-state index contributed by atoms with van der Waals surface area (Å²) >= 11 is 6.26. The summed E-state index contributed by atoms with van der Waals surface area (Å²) in [5.41, 5.74) is 3.41. The average Bonchev–Trinajstić information content (AvgIpc) is 2.55. The molecule has 0 spiro atoms. The van der Waals surface area contributed by atoms with E-state index in [-0.39, 0.29) is 5.91 Å². The Labute approximate surface area is 133 Å². The molecule has 108 valence electrons. The molecule has 1 aromatic heterocycles. The van der Waals surface area contributed by atoms with Gasteiger partial charge in [0.05, 0.1) is 11.2 Å². The van der Waals surface area contributed by atoms with Crippen molar-refractivity contribution in [3.63, 3.8) is 0 Å². The van der Waals surface area contributed by atoms with Crippen LogP contribution in [0.4, 0.5) is 5.69 Å². The highest BCUT2D eigenvalue weighted by Gasteiger charge is 2.08. The van der Waals surface area contributed by atoms with Crippen molar-refractivity contribution in [1.29, 1.82) is 0 Å². The third-order valence-electron chi connectivity index (χ3n) is 3.37. The van der Waals surface area contributed by atoms with Crippen molar-refractivity contribution in [2.24, 2.45) is 0 Å². The summed E-state index contributed by atoms with van der Waals surface area (Å²) in [6, 6.07) is 15.3. The van der Waals surface area contributed by atoms with Crippen molar-refractivity contribution >= 4 is 34.1 Å². The Morgan fingerprint density at radius 1 is 1.18 bits per heavy atom. The predicted molar refractivity (Wildman–Crippen MR) is 91.0 cm³/mol. The molecule has 0 bridgehead atoms. The van der Waals surface area contributed by atoms with Crippen LogP contribution in [0.5, 0.6) is 0 Å². The maximum atomic E-state index is 11.6. The predicted octanol–water partition coefficient (Wildman–Crippen LogP) is 4.68. The van der Waals surface area contributed by atoms with Crippen molar-refractivity contribution in [2.45, 2.75) is 0 Å². The molecule has 0 saturated carbocycles. The molecule has 2 aromatic carbocycles. The molecule has 1 N–H and O–H groups in total. The number of hydrogen-bond acceptors (Lipinski definition) is 2. The highest BCUT2D eigenvalue weighted by molar-refractivity contribution is 6.33. The van der Waals surface area contributed by atoms with Crippen LogP contribution >= 0.6 is 11.6 Å². The van der Waals surface area contributed by atoms with Gasteiger partial charge in [0.25, 0.3) is 0 Å². The molecule has 0 saturated heterocycles. The topological polar surface area (TPSA) is 42.0 Å². The number of halogens is 1. The van der Waals surface area contributed by atoms with Crippen molar-refractivity contribution in [3.05, 3.63) is 72.4 Å². The van der Waals surface area contributed by atoms with Gasteiger partial charge in [-0.3, -0.25) is 9.78 Å². The minimum absolute atomic E-state index is 0.254. The summed E-state index contributed by atoms with van der Waals surface area (Å²) in [4.78, 5) is 15.9. The monoisotopic (exact) mass is 308 g/mol. The second-order valence-corrected chi connectivity index (χ2v) is 5.17. The maximum absolute atomic E-state index is 11.6. The molecule has 3 rings (SSSR count). The number of carbonyl (C=O) groups excluding carboxylic acids is 1. The molecule has 0 radical (unpaired) electrons. The van der Waals surface area contributed by atoms with Crippen LogP contribution in [-0.4, -0.2) is 10.9 Å². The van der Waals surface area contributed by atoms with Crippen molar-refractivity contribution in [1.82, 2.24) is 4.98 Å². The third-order valence-corrected chi connectivity index (χ3v) is 3.70. The minimum atomic E-state index is -0.254. The van der Waals surface area contributed by atoms with E-state index < -0.39 is 0 Å². The summed E-state index contributed by atoms with van der Waals surface area (Å²) < 4.78 is 0. The van der Waals surface area contributed by atoms with Gasteiger partial charge in [-0.15, -0.1) is 0 Å². The van der Waals surface area contributed by atoms with Crippen LogP contribution in [0.15, 0.2) is 67.4 Å². The summed E-state index contributed by atoms with van der Waals surface area (Å²) in [6.45, 7) is 3.47. The zero-order chi connectivity index (χ0) is 15.5. The summed E-state index contributed by atoms with van der Waals surface area (Å²) in [5.74, 6) is -0.254. The smallest absolute Gasteiger partial charge is 0.247 e. The average molecular weight is 309 g/mol. The zero-order valence-corrected chi connectivity index (χ0v) is 12.5. The van der Waals surface area contributed by atoms with E-state index in [0.29, 0.717) is 10.7 Å². The minimum Gasteiger partial charge on any atom is -0.322 e. The fraction of sp³-hybridized carbons (Fsp3) is 0. The first-order valence-electron chi connectivity index (χ1n) is 6.76. The SMILES string of the molecule is C=CC(=O)Nc1ccnc2ccc(-c3ccccc3Cl)cc12. The molecule has 0 fully saturated rings. The number of anilines is 1. The molecule has 0 aliphatic carbocycles. The Hall–Kier alpha value is -2.65. The van der Waals surface area contributed by atoms with Crippen LogP contribution in [-0.2, 0) is 4.79 Å². The van der Waals surface area contributed by atoms with E-state index in [2.05, 4.69) is 16.9 Å². The van der Waals surface area contributed by atoms with Gasteiger partial charge in [0.1, 0.15) is 0 Å². The Balaban J connectivity index is 2.16. The second-order valence-electron chi connectivity index (χ2n) is 4.76. The van der Waals surface area contributed by atoms with Crippen LogP contribution in [0.3, 0.4) is 0 Å². The standard InChI is InChI=1S/C18H13ClN2O/c1-2-18(22)21-17-9-10-20-16-8-7-12(11-14(16)17)13-5-3-4-6-15(13)19/h2-11H,1H2,(H,20,21,22). The van der Waals surface area contributed by atoms with Gasteiger partial charge in [-0.25, -0.2) is 0 Å². The van der Waals surface area contributed by atoms with Crippen LogP contribution in [0, 0.1) is 0 Å². The number of benzene rings is 2. The fourth-order valence-corrected chi connectivity index (χ4v) is 2.55. The zero-order valence-electron chi connectivity index (χ0n) is 11.7. The molecular formula is C18H13ClN2O. The maximum Gasteiger partial charge on any atom is 0.247 e. The number of rotatable bonds is 3. The molecular weight excluding hydrogens is 296 g/mol. The normalized spacial score (nSPS) is 10.4. The van der Waals surface area contributed by atoms with Gasteiger partial charge in [0.2, 0.25) is 5.91 Å². The van der Waals surface area contributed by atoms with E-state index in [4.69, 9.17) is 11.6 Å². The number of aromatic nitrogens is 1. The number of nitrogens with one attached hydrogen (secondary N) is 1. The highest BCUT2D eigenvalue weighted by atomic mass is 35.5. The lowest BCUT2D eigenvalue weighted by Crippen LogP contribution is -2.07. The van der Waals surface area contributed by atoms with Crippen LogP contribution in [0.2, 0.25) is 5.02 Å². The molecule has 22 heavy (non-hydrogen) atoms. The Morgan fingerprint density at radius 3 is 2.77 bits per heavy atom. The fourth-order valence-electron chi connectivity index (χ4n) is 2.30. The molecule has 3 aromatic rings. The summed E-state index contributed by atoms with van der Waals surface area (Å²) in [7, 11) is 0. The quantitative estimate of drug-likeness (QED) is 0.714. The number of carbonyl (C=O) groups is 1. The molecule has 1 heterocycles. The Morgan fingerprint density at radius 2 is 2.00 bits per heavy atom. The molecule has 4 heteroatoms. The van der Waals surface area contributed by atoms with E-state index in [0.717, 1.165) is 22.0 Å². The van der Waals surface area contributed by atoms with Crippen molar-refractivity contribution in [3.8, 4) is 11.1 Å². The van der Waals surface area contributed by atoms with Gasteiger partial charge >= 0.3 is 0 Å². The van der Waals surface area contributed by atoms with Gasteiger partial charge in [0.15, 0.2) is 0 Å². The van der Waals surface area contributed by atoms with Crippen LogP contribution < -0.4 is 5.32 Å². The number of fused-ring (bicyclic) bond motifs is 1. The van der Waals surface area contributed by atoms with Gasteiger partial charge in [-0.2, -0.15) is 0 Å². The van der Waals surface area contributed by atoms with E-state index in [1.807, 2.05) is 42.5 Å². The molecule has 1 amide bonds. The number of amides is 1. The van der Waals surface area contributed by atoms with Crippen LogP contribution in [0.1, 0.15) is 0 Å². The summed E-state index contributed by atoms with van der Waals surface area (Å²) in [6.07, 6.45) is 2.90. The highest BCUT2D eigenvalue weighted by Crippen LogP contribution is 2.31. The molecule has 0 unspecified atom stereocenters. The number of hydrogen-bond donors (Lipinski definition) is 1. The summed E-state index contributed by atoms with van der Waals surface area (Å²) in [5, 5.41) is 4.34. The lowest BCUT2D eigenvalue weighted by molar-refractivity contribution is -0.111. The molecule has 3 nitrogen and oxygen atoms in total. The molecule has 0 aliphatic rings. The first kappa shape index (κ1) is 14.3. The van der Waals surface area contributed by atoms with Crippen molar-refractivity contribution in [2.75, 3.05) is 5.32 Å². The van der Waals surface area contributed by atoms with Crippen LogP contribution in [0.25, 0.3) is 22.0 Å². The lowest BCUT2D eigenvalue weighted by atomic mass is 10.0. The van der Waals surface area contributed by atoms with E-state index in [9.17, 15) is 4.79 Å². The van der Waals surface area contributed by atoms with E-state index in [1.165, 1.54) is 6.08 Å². The van der Waals surface area contributed by atoms with E-state index in [1.54, 1.807) is 12.3 Å². The van der Waals surface area contributed by atoms with Gasteiger partial charge in [-0.1, -0.05) is 42.4 Å². The number of pyridine rings is 1. The second kappa shape index (κ2) is 6.00. The number of nitrogens with zero attached hydrogens (tertiary/aromatic N) is 1. The largest absolute Gasteiger partial charge is 0.322 e. The third kappa shape index (κ3) is 2.71.